The molecule has 1 aromatic heterocycles. The first kappa shape index (κ1) is 14.8. The van der Waals surface area contributed by atoms with Crippen molar-refractivity contribution in [3.05, 3.63) is 65.6 Å². The molecule has 0 spiro atoms. The Kier molecular flexibility index (Phi) is 5.10. The van der Waals surface area contributed by atoms with Crippen LogP contribution < -0.4 is 4.73 Å². The molecule has 0 unspecified atom stereocenters. The Morgan fingerprint density at radius 1 is 1.24 bits per heavy atom. The summed E-state index contributed by atoms with van der Waals surface area (Å²) in [6.07, 6.45) is 6.91. The van der Waals surface area contributed by atoms with Crippen LogP contribution in [0, 0.1) is 5.21 Å². The van der Waals surface area contributed by atoms with Crippen molar-refractivity contribution in [2.75, 3.05) is 6.61 Å². The molecule has 0 saturated carbocycles. The number of rotatable bonds is 5. The molecule has 0 bridgehead atoms. The van der Waals surface area contributed by atoms with Gasteiger partial charge < -0.3 is 9.94 Å². The van der Waals surface area contributed by atoms with Crippen LogP contribution in [0.1, 0.15) is 18.9 Å². The predicted molar refractivity (Wildman–Crippen MR) is 81.1 cm³/mol. The second-order valence-electron chi connectivity index (χ2n) is 4.49. The number of benzene rings is 1. The molecule has 4 heteroatoms. The average Bonchev–Trinajstić information content (AvgIpc) is 2.48. The number of hydrogen-bond acceptors (Lipinski definition) is 3. The van der Waals surface area contributed by atoms with Gasteiger partial charge in [-0.15, -0.1) is 0 Å². The fourth-order valence-electron chi connectivity index (χ4n) is 1.92. The van der Waals surface area contributed by atoms with Gasteiger partial charge in [-0.05, 0) is 24.1 Å². The summed E-state index contributed by atoms with van der Waals surface area (Å²) in [6, 6.07) is 11.4. The van der Waals surface area contributed by atoms with E-state index in [1.807, 2.05) is 36.4 Å². The lowest BCUT2D eigenvalue weighted by Crippen LogP contribution is -2.23. The van der Waals surface area contributed by atoms with Crippen LogP contribution in [0.15, 0.2) is 54.9 Å². The van der Waals surface area contributed by atoms with Gasteiger partial charge in [0.15, 0.2) is 12.4 Å². The third-order valence-electron chi connectivity index (χ3n) is 2.92. The monoisotopic (exact) mass is 283 g/mol. The van der Waals surface area contributed by atoms with E-state index in [1.54, 1.807) is 19.1 Å². The van der Waals surface area contributed by atoms with Crippen molar-refractivity contribution in [3.8, 4) is 11.1 Å². The van der Waals surface area contributed by atoms with Gasteiger partial charge in [-0.3, -0.25) is 4.79 Å². The van der Waals surface area contributed by atoms with E-state index in [0.29, 0.717) is 6.61 Å². The van der Waals surface area contributed by atoms with E-state index in [0.717, 1.165) is 21.4 Å². The minimum absolute atomic E-state index is 0.227. The van der Waals surface area contributed by atoms with Gasteiger partial charge in [0, 0.05) is 11.6 Å². The van der Waals surface area contributed by atoms with Crippen molar-refractivity contribution in [1.82, 2.24) is 0 Å². The predicted octanol–water partition coefficient (Wildman–Crippen LogP) is 2.95. The third kappa shape index (κ3) is 4.45. The average molecular weight is 283 g/mol. The molecule has 0 atom stereocenters. The molecule has 0 saturated heterocycles. The number of pyridine rings is 1. The van der Waals surface area contributed by atoms with E-state index in [4.69, 9.17) is 4.74 Å². The lowest BCUT2D eigenvalue weighted by molar-refractivity contribution is -0.604. The molecule has 0 N–H and O–H groups in total. The van der Waals surface area contributed by atoms with E-state index in [-0.39, 0.29) is 12.4 Å². The number of ether oxygens (including phenoxy) is 1. The molecule has 1 aromatic carbocycles. The van der Waals surface area contributed by atoms with Crippen LogP contribution in [0.3, 0.4) is 0 Å². The highest BCUT2D eigenvalue weighted by atomic mass is 16.5. The summed E-state index contributed by atoms with van der Waals surface area (Å²) in [5.74, 6) is -0.227. The van der Waals surface area contributed by atoms with Gasteiger partial charge in [0.2, 0.25) is 0 Å². The highest BCUT2D eigenvalue weighted by molar-refractivity contribution is 5.73. The molecule has 0 amide bonds. The highest BCUT2D eigenvalue weighted by Crippen LogP contribution is 2.18. The zero-order valence-electron chi connectivity index (χ0n) is 11.9. The Morgan fingerprint density at radius 2 is 2.00 bits per heavy atom. The highest BCUT2D eigenvalue weighted by Gasteiger charge is 2.01. The Morgan fingerprint density at radius 3 is 2.67 bits per heavy atom. The van der Waals surface area contributed by atoms with E-state index in [2.05, 4.69) is 0 Å². The largest absolute Gasteiger partial charge is 0.619 e. The van der Waals surface area contributed by atoms with Crippen molar-refractivity contribution in [2.45, 2.75) is 13.3 Å². The van der Waals surface area contributed by atoms with Crippen molar-refractivity contribution in [1.29, 1.82) is 0 Å². The van der Waals surface area contributed by atoms with E-state index in [1.165, 1.54) is 12.4 Å². The van der Waals surface area contributed by atoms with Gasteiger partial charge in [0.05, 0.1) is 13.0 Å². The number of hydrogen-bond donors (Lipinski definition) is 0. The first-order valence-corrected chi connectivity index (χ1v) is 6.80. The molecule has 2 aromatic rings. The molecule has 0 radical (unpaired) electrons. The zero-order chi connectivity index (χ0) is 15.1. The maximum atomic E-state index is 11.3. The minimum atomic E-state index is -0.227. The summed E-state index contributed by atoms with van der Waals surface area (Å²) in [6.45, 7) is 2.19. The molecule has 4 nitrogen and oxygen atoms in total. The molecule has 21 heavy (non-hydrogen) atoms. The van der Waals surface area contributed by atoms with E-state index >= 15 is 0 Å². The van der Waals surface area contributed by atoms with Gasteiger partial charge in [-0.25, -0.2) is 0 Å². The molecule has 0 aliphatic heterocycles. The van der Waals surface area contributed by atoms with Gasteiger partial charge in [-0.1, -0.05) is 36.4 Å². The molecule has 0 fully saturated rings. The Balaban J connectivity index is 2.02. The van der Waals surface area contributed by atoms with Crippen LogP contribution in [-0.4, -0.2) is 12.6 Å². The smallest absolute Gasteiger partial charge is 0.309 e. The second kappa shape index (κ2) is 7.24. The Labute approximate surface area is 123 Å². The maximum absolute atomic E-state index is 11.3. The lowest BCUT2D eigenvalue weighted by atomic mass is 10.1. The minimum Gasteiger partial charge on any atom is -0.619 e. The van der Waals surface area contributed by atoms with Crippen LogP contribution in [-0.2, 0) is 9.53 Å². The Bertz CT molecular complexity index is 633. The van der Waals surface area contributed by atoms with Gasteiger partial charge in [-0.2, -0.15) is 4.73 Å². The summed E-state index contributed by atoms with van der Waals surface area (Å²) in [5.41, 5.74) is 2.84. The van der Waals surface area contributed by atoms with Crippen molar-refractivity contribution >= 4 is 12.0 Å². The zero-order valence-corrected chi connectivity index (χ0v) is 11.9. The summed E-state index contributed by atoms with van der Waals surface area (Å²) < 4.78 is 5.63. The molecule has 1 heterocycles. The topological polar surface area (TPSA) is 53.2 Å². The summed E-state index contributed by atoms with van der Waals surface area (Å²) in [7, 11) is 0. The third-order valence-corrected chi connectivity index (χ3v) is 2.92. The van der Waals surface area contributed by atoms with Crippen LogP contribution in [0.4, 0.5) is 0 Å². The lowest BCUT2D eigenvalue weighted by Gasteiger charge is -2.02. The van der Waals surface area contributed by atoms with E-state index < -0.39 is 0 Å². The molecule has 0 aliphatic carbocycles. The molecule has 2 rings (SSSR count). The van der Waals surface area contributed by atoms with E-state index in [9.17, 15) is 10.0 Å². The quantitative estimate of drug-likeness (QED) is 0.481. The van der Waals surface area contributed by atoms with Crippen molar-refractivity contribution < 1.29 is 14.3 Å². The summed E-state index contributed by atoms with van der Waals surface area (Å²) >= 11 is 0. The normalized spacial score (nSPS) is 10.7. The first-order valence-electron chi connectivity index (χ1n) is 6.80. The van der Waals surface area contributed by atoms with Crippen LogP contribution in [0.25, 0.3) is 17.2 Å². The number of esters is 1. The number of aromatic nitrogens is 1. The maximum Gasteiger partial charge on any atom is 0.309 e. The SMILES string of the molecule is CCOC(=O)CC=Cc1ccc(-c2ccc[n+]([O-])c2)cc1. The van der Waals surface area contributed by atoms with Gasteiger partial charge in [0.1, 0.15) is 0 Å². The summed E-state index contributed by atoms with van der Waals surface area (Å²) in [4.78, 5) is 11.2. The first-order chi connectivity index (χ1) is 10.2. The van der Waals surface area contributed by atoms with Crippen molar-refractivity contribution in [3.63, 3.8) is 0 Å². The fourth-order valence-corrected chi connectivity index (χ4v) is 1.92. The molecular weight excluding hydrogens is 266 g/mol. The summed E-state index contributed by atoms with van der Waals surface area (Å²) in [5, 5.41) is 11.3. The molecule has 0 aliphatic rings. The standard InChI is InChI=1S/C17H17NO3/c1-2-21-17(19)7-3-5-14-8-10-15(11-9-14)16-6-4-12-18(20)13-16/h3-6,8-13H,2,7H2,1H3. The van der Waals surface area contributed by atoms with Gasteiger partial charge >= 0.3 is 5.97 Å². The van der Waals surface area contributed by atoms with Crippen LogP contribution in [0.5, 0.6) is 0 Å². The fraction of sp³-hybridized carbons (Fsp3) is 0.176. The second-order valence-corrected chi connectivity index (χ2v) is 4.49. The van der Waals surface area contributed by atoms with Crippen LogP contribution >= 0.6 is 0 Å². The molecular formula is C17H17NO3. The number of nitrogens with zero attached hydrogens (tertiary/aromatic N) is 1. The van der Waals surface area contributed by atoms with Crippen molar-refractivity contribution in [2.24, 2.45) is 0 Å². The van der Waals surface area contributed by atoms with Gasteiger partial charge in [0.25, 0.3) is 0 Å². The number of carbonyl (C=O) groups excluding carboxylic acids is 1. The number of carbonyl (C=O) groups is 1. The molecule has 108 valence electrons. The van der Waals surface area contributed by atoms with Crippen LogP contribution in [0.2, 0.25) is 0 Å². The Hall–Kier alpha value is -2.62.